The first-order valence-electron chi connectivity index (χ1n) is 7.79. The number of carbonyl (C=O) groups is 2. The minimum absolute atomic E-state index is 0.0106. The summed E-state index contributed by atoms with van der Waals surface area (Å²) in [4.78, 5) is 26.3. The summed E-state index contributed by atoms with van der Waals surface area (Å²) in [5.74, 6) is -1.46. The van der Waals surface area contributed by atoms with Gasteiger partial charge in [0.1, 0.15) is 11.6 Å². The number of hydrogen-bond donors (Lipinski definition) is 1. The Labute approximate surface area is 159 Å². The van der Waals surface area contributed by atoms with Gasteiger partial charge in [0.2, 0.25) is 11.8 Å². The summed E-state index contributed by atoms with van der Waals surface area (Å²) in [6.07, 6.45) is 0.0106. The maximum atomic E-state index is 13.9. The van der Waals surface area contributed by atoms with Crippen molar-refractivity contribution in [2.24, 2.45) is 5.92 Å². The minimum Gasteiger partial charge on any atom is -0.495 e. The second-order valence-corrected chi connectivity index (χ2v) is 6.71. The van der Waals surface area contributed by atoms with Crippen LogP contribution in [0.4, 0.5) is 15.8 Å². The zero-order valence-electron chi connectivity index (χ0n) is 13.8. The summed E-state index contributed by atoms with van der Waals surface area (Å²) < 4.78 is 19.1. The van der Waals surface area contributed by atoms with Crippen molar-refractivity contribution in [3.63, 3.8) is 0 Å². The summed E-state index contributed by atoms with van der Waals surface area (Å²) in [5, 5.41) is 3.18. The van der Waals surface area contributed by atoms with Gasteiger partial charge in [0.15, 0.2) is 0 Å². The Balaban J connectivity index is 1.77. The Morgan fingerprint density at radius 1 is 1.23 bits per heavy atom. The number of rotatable bonds is 4. The number of anilines is 2. The predicted molar refractivity (Wildman–Crippen MR) is 98.5 cm³/mol. The van der Waals surface area contributed by atoms with E-state index in [4.69, 9.17) is 27.9 Å². The highest BCUT2D eigenvalue weighted by molar-refractivity contribution is 6.31. The van der Waals surface area contributed by atoms with Crippen LogP contribution in [0.25, 0.3) is 0 Å². The monoisotopic (exact) mass is 396 g/mol. The van der Waals surface area contributed by atoms with Crippen molar-refractivity contribution in [3.05, 3.63) is 52.3 Å². The molecule has 1 saturated heterocycles. The van der Waals surface area contributed by atoms with Crippen LogP contribution in [0.2, 0.25) is 10.0 Å². The normalized spacial score (nSPS) is 16.7. The van der Waals surface area contributed by atoms with E-state index in [0.717, 1.165) is 6.07 Å². The molecule has 2 amide bonds. The second kappa shape index (κ2) is 7.51. The predicted octanol–water partition coefficient (Wildman–Crippen LogP) is 4.13. The van der Waals surface area contributed by atoms with Crippen LogP contribution >= 0.6 is 23.2 Å². The van der Waals surface area contributed by atoms with Gasteiger partial charge in [-0.25, -0.2) is 4.39 Å². The van der Waals surface area contributed by atoms with E-state index >= 15 is 0 Å². The van der Waals surface area contributed by atoms with Gasteiger partial charge in [-0.15, -0.1) is 0 Å². The molecule has 3 rings (SSSR count). The number of nitrogens with zero attached hydrogens (tertiary/aromatic N) is 1. The van der Waals surface area contributed by atoms with Crippen LogP contribution in [-0.4, -0.2) is 25.5 Å². The molecule has 26 heavy (non-hydrogen) atoms. The van der Waals surface area contributed by atoms with Gasteiger partial charge in [-0.1, -0.05) is 23.2 Å². The van der Waals surface area contributed by atoms with Crippen molar-refractivity contribution < 1.29 is 18.7 Å². The maximum Gasteiger partial charge on any atom is 0.229 e. The molecule has 136 valence electrons. The maximum absolute atomic E-state index is 13.9. The van der Waals surface area contributed by atoms with Gasteiger partial charge in [-0.2, -0.15) is 0 Å². The number of amides is 2. The second-order valence-electron chi connectivity index (χ2n) is 5.83. The first-order valence-corrected chi connectivity index (χ1v) is 8.54. The van der Waals surface area contributed by atoms with Gasteiger partial charge < -0.3 is 15.0 Å². The molecule has 0 aliphatic carbocycles. The quantitative estimate of drug-likeness (QED) is 0.844. The lowest BCUT2D eigenvalue weighted by molar-refractivity contribution is -0.122. The van der Waals surface area contributed by atoms with Gasteiger partial charge in [-0.05, 0) is 36.4 Å². The van der Waals surface area contributed by atoms with Crippen LogP contribution in [0.3, 0.4) is 0 Å². The standard InChI is InChI=1S/C18H15Cl2FN2O3/c1-26-16-5-3-12(20)8-15(16)23-9-10(6-17(23)24)18(25)22-14-4-2-11(19)7-13(14)21/h2-5,7-8,10H,6,9H2,1H3,(H,22,25)/t10-/m1/s1. The number of ether oxygens (including phenoxy) is 1. The molecule has 2 aromatic carbocycles. The molecule has 0 bridgehead atoms. The Bertz CT molecular complexity index is 876. The van der Waals surface area contributed by atoms with Crippen molar-refractivity contribution in [2.45, 2.75) is 6.42 Å². The van der Waals surface area contributed by atoms with Gasteiger partial charge in [-0.3, -0.25) is 9.59 Å². The van der Waals surface area contributed by atoms with E-state index in [1.807, 2.05) is 0 Å². The largest absolute Gasteiger partial charge is 0.495 e. The van der Waals surface area contributed by atoms with Crippen LogP contribution in [0.5, 0.6) is 5.75 Å². The molecule has 1 atom stereocenters. The fourth-order valence-electron chi connectivity index (χ4n) is 2.82. The lowest BCUT2D eigenvalue weighted by Crippen LogP contribution is -2.28. The molecule has 1 fully saturated rings. The van der Waals surface area contributed by atoms with E-state index in [9.17, 15) is 14.0 Å². The molecule has 8 heteroatoms. The van der Waals surface area contributed by atoms with Crippen molar-refractivity contribution in [1.82, 2.24) is 0 Å². The van der Waals surface area contributed by atoms with E-state index in [1.165, 1.54) is 24.1 Å². The first kappa shape index (κ1) is 18.5. The third-order valence-corrected chi connectivity index (χ3v) is 4.59. The van der Waals surface area contributed by atoms with E-state index in [1.54, 1.807) is 18.2 Å². The number of carbonyl (C=O) groups excluding carboxylic acids is 2. The van der Waals surface area contributed by atoms with E-state index in [2.05, 4.69) is 5.32 Å². The van der Waals surface area contributed by atoms with E-state index < -0.39 is 17.6 Å². The fourth-order valence-corrected chi connectivity index (χ4v) is 3.14. The molecule has 0 spiro atoms. The van der Waals surface area contributed by atoms with Crippen molar-refractivity contribution in [3.8, 4) is 5.75 Å². The molecule has 0 aromatic heterocycles. The van der Waals surface area contributed by atoms with Crippen molar-refractivity contribution >= 4 is 46.4 Å². The van der Waals surface area contributed by atoms with Crippen LogP contribution < -0.4 is 15.0 Å². The van der Waals surface area contributed by atoms with E-state index in [0.29, 0.717) is 16.5 Å². The zero-order chi connectivity index (χ0) is 18.8. The van der Waals surface area contributed by atoms with Gasteiger partial charge in [0, 0.05) is 23.0 Å². The van der Waals surface area contributed by atoms with Gasteiger partial charge in [0.05, 0.1) is 24.4 Å². The minimum atomic E-state index is -0.636. The van der Waals surface area contributed by atoms with Gasteiger partial charge >= 0.3 is 0 Å². The van der Waals surface area contributed by atoms with Gasteiger partial charge in [0.25, 0.3) is 0 Å². The highest BCUT2D eigenvalue weighted by Gasteiger charge is 2.36. The molecule has 0 saturated carbocycles. The van der Waals surface area contributed by atoms with E-state index in [-0.39, 0.29) is 29.6 Å². The molecule has 2 aromatic rings. The average molecular weight is 397 g/mol. The summed E-state index contributed by atoms with van der Waals surface area (Å²) in [7, 11) is 1.49. The third kappa shape index (κ3) is 3.76. The molecular formula is C18H15Cl2FN2O3. The zero-order valence-corrected chi connectivity index (χ0v) is 15.3. The molecule has 0 unspecified atom stereocenters. The summed E-state index contributed by atoms with van der Waals surface area (Å²) in [6, 6.07) is 8.88. The number of hydrogen-bond acceptors (Lipinski definition) is 3. The molecule has 1 heterocycles. The summed E-state index contributed by atoms with van der Waals surface area (Å²) in [5.41, 5.74) is 0.517. The Morgan fingerprint density at radius 2 is 1.92 bits per heavy atom. The number of methoxy groups -OCH3 is 1. The third-order valence-electron chi connectivity index (χ3n) is 4.12. The smallest absolute Gasteiger partial charge is 0.229 e. The number of halogens is 3. The van der Waals surface area contributed by atoms with Crippen LogP contribution in [0.15, 0.2) is 36.4 Å². The van der Waals surface area contributed by atoms with Crippen LogP contribution in [0.1, 0.15) is 6.42 Å². The van der Waals surface area contributed by atoms with Crippen molar-refractivity contribution in [1.29, 1.82) is 0 Å². The Kier molecular flexibility index (Phi) is 5.34. The molecular weight excluding hydrogens is 382 g/mol. The molecule has 1 N–H and O–H groups in total. The topological polar surface area (TPSA) is 58.6 Å². The molecule has 0 radical (unpaired) electrons. The van der Waals surface area contributed by atoms with Crippen LogP contribution in [-0.2, 0) is 9.59 Å². The molecule has 5 nitrogen and oxygen atoms in total. The Morgan fingerprint density at radius 3 is 2.62 bits per heavy atom. The highest BCUT2D eigenvalue weighted by atomic mass is 35.5. The lowest BCUT2D eigenvalue weighted by atomic mass is 10.1. The average Bonchev–Trinajstić information content (AvgIpc) is 2.99. The van der Waals surface area contributed by atoms with Crippen LogP contribution in [0, 0.1) is 11.7 Å². The van der Waals surface area contributed by atoms with Crippen molar-refractivity contribution in [2.75, 3.05) is 23.9 Å². The Hall–Kier alpha value is -2.31. The first-order chi connectivity index (χ1) is 12.4. The lowest BCUT2D eigenvalue weighted by Gasteiger charge is -2.20. The SMILES string of the molecule is COc1ccc(Cl)cc1N1C[C@H](C(=O)Nc2ccc(Cl)cc2F)CC1=O. The number of nitrogens with one attached hydrogen (secondary N) is 1. The fraction of sp³-hybridized carbons (Fsp3) is 0.222. The summed E-state index contributed by atoms with van der Waals surface area (Å²) >= 11 is 11.7. The highest BCUT2D eigenvalue weighted by Crippen LogP contribution is 2.35. The molecule has 1 aliphatic rings. The number of benzene rings is 2. The summed E-state index contributed by atoms with van der Waals surface area (Å²) in [6.45, 7) is 0.149. The molecule has 1 aliphatic heterocycles.